The van der Waals surface area contributed by atoms with E-state index in [9.17, 15) is 0 Å². The minimum atomic E-state index is 0.567. The van der Waals surface area contributed by atoms with Crippen LogP contribution in [0.2, 0.25) is 0 Å². The Morgan fingerprint density at radius 2 is 1.16 bits per heavy atom. The highest BCUT2D eigenvalue weighted by atomic mass is 16.3. The molecular weight excluding hydrogens is 532 g/mol. The zero-order valence-corrected chi connectivity index (χ0v) is 23.1. The van der Waals surface area contributed by atoms with Gasteiger partial charge in [0.25, 0.3) is 0 Å². The van der Waals surface area contributed by atoms with Gasteiger partial charge in [0.05, 0.1) is 11.4 Å². The third kappa shape index (κ3) is 3.90. The molecule has 4 aromatic heterocycles. The van der Waals surface area contributed by atoms with Crippen LogP contribution in [0.5, 0.6) is 0 Å². The van der Waals surface area contributed by atoms with Crippen LogP contribution in [-0.2, 0) is 0 Å². The average Bonchev–Trinajstić information content (AvgIpc) is 3.71. The van der Waals surface area contributed by atoms with Gasteiger partial charge >= 0.3 is 0 Å². The summed E-state index contributed by atoms with van der Waals surface area (Å²) < 4.78 is 10.3. The number of fused-ring (bicyclic) bond motifs is 5. The minimum absolute atomic E-state index is 0.567. The normalized spacial score (nSPS) is 11.4. The molecule has 8 rings (SSSR count). The number of rotatable bonds is 6. The van der Waals surface area contributed by atoms with Crippen molar-refractivity contribution in [2.75, 3.05) is 0 Å². The number of hydrogen-bond donors (Lipinski definition) is 0. The number of furan rings is 1. The van der Waals surface area contributed by atoms with Gasteiger partial charge in [-0.1, -0.05) is 98.1 Å². The highest BCUT2D eigenvalue weighted by Gasteiger charge is 2.23. The molecule has 0 aliphatic rings. The molecule has 8 aromatic rings. The lowest BCUT2D eigenvalue weighted by atomic mass is 10.1. The number of imidazole rings is 2. The van der Waals surface area contributed by atoms with Crippen LogP contribution in [0, 0.1) is 0 Å². The van der Waals surface area contributed by atoms with Crippen molar-refractivity contribution in [3.63, 3.8) is 0 Å². The van der Waals surface area contributed by atoms with Crippen LogP contribution in [-0.4, -0.2) is 28.9 Å². The van der Waals surface area contributed by atoms with E-state index < -0.39 is 0 Å². The minimum Gasteiger partial charge on any atom is -0.436 e. The van der Waals surface area contributed by atoms with Crippen LogP contribution in [0.15, 0.2) is 127 Å². The van der Waals surface area contributed by atoms with E-state index in [1.54, 1.807) is 0 Å². The van der Waals surface area contributed by atoms with Gasteiger partial charge in [-0.25, -0.2) is 15.0 Å². The smallest absolute Gasteiger partial charge is 0.248 e. The van der Waals surface area contributed by atoms with E-state index >= 15 is 0 Å². The van der Waals surface area contributed by atoms with Gasteiger partial charge in [0.15, 0.2) is 17.5 Å². The number of nitrogens with zero attached hydrogens (tertiary/aromatic N) is 6. The van der Waals surface area contributed by atoms with Crippen molar-refractivity contribution in [2.24, 2.45) is 0 Å². The Hall–Kier alpha value is -6.08. The molecule has 4 heterocycles. The lowest BCUT2D eigenvalue weighted by Crippen LogP contribution is -2.02. The van der Waals surface area contributed by atoms with Crippen LogP contribution in [0.25, 0.3) is 80.0 Å². The van der Waals surface area contributed by atoms with Gasteiger partial charge in [-0.2, -0.15) is 4.98 Å². The van der Waals surface area contributed by atoms with Crippen LogP contribution in [0.1, 0.15) is 11.4 Å². The zero-order chi connectivity index (χ0) is 28.9. The summed E-state index contributed by atoms with van der Waals surface area (Å²) in [7, 11) is 0. The molecule has 0 unspecified atom stereocenters. The van der Waals surface area contributed by atoms with Gasteiger partial charge in [-0.3, -0.25) is 8.97 Å². The van der Waals surface area contributed by atoms with Crippen molar-refractivity contribution in [2.45, 2.75) is 0 Å². The molecular formula is C36H24N6O. The molecule has 7 heteroatoms. The standard InChI is InChI=1S/C36H24N6O/c1-3-28-29(4-2)42-31-27-20-11-12-21-30(27)43-35(31)40-36(42)41(28)26-19-13-18-25(22-26)34-38-32(23-14-7-5-8-15-23)37-33(39-34)24-16-9-6-10-17-24/h3-22H,1-2H2. The highest BCUT2D eigenvalue weighted by Crippen LogP contribution is 2.35. The van der Waals surface area contributed by atoms with E-state index in [1.165, 1.54) is 0 Å². The number of hydrogen-bond acceptors (Lipinski definition) is 5. The summed E-state index contributed by atoms with van der Waals surface area (Å²) >= 11 is 0. The summed E-state index contributed by atoms with van der Waals surface area (Å²) in [6.07, 6.45) is 3.66. The summed E-state index contributed by atoms with van der Waals surface area (Å²) in [5.74, 6) is 2.50. The molecule has 0 aliphatic carbocycles. The van der Waals surface area contributed by atoms with Gasteiger partial charge in [-0.15, -0.1) is 0 Å². The summed E-state index contributed by atoms with van der Waals surface area (Å²) in [4.78, 5) is 19.6. The van der Waals surface area contributed by atoms with E-state index in [1.807, 2.05) is 115 Å². The maximum Gasteiger partial charge on any atom is 0.248 e. The Kier molecular flexibility index (Phi) is 5.62. The van der Waals surface area contributed by atoms with E-state index in [-0.39, 0.29) is 0 Å². The Bertz CT molecular complexity index is 2270. The van der Waals surface area contributed by atoms with E-state index in [0.29, 0.717) is 29.0 Å². The third-order valence-corrected chi connectivity index (χ3v) is 7.57. The first-order chi connectivity index (χ1) is 21.2. The molecule has 0 N–H and O–H groups in total. The number of benzene rings is 4. The van der Waals surface area contributed by atoms with Crippen molar-refractivity contribution in [1.82, 2.24) is 28.9 Å². The molecule has 7 nitrogen and oxygen atoms in total. The Labute approximate surface area is 246 Å². The van der Waals surface area contributed by atoms with Gasteiger partial charge in [-0.05, 0) is 36.4 Å². The zero-order valence-electron chi connectivity index (χ0n) is 23.1. The summed E-state index contributed by atoms with van der Waals surface area (Å²) in [5.41, 5.74) is 7.56. The predicted octanol–water partition coefficient (Wildman–Crippen LogP) is 8.50. The lowest BCUT2D eigenvalue weighted by Gasteiger charge is -2.11. The number of aromatic nitrogens is 6. The molecule has 0 bridgehead atoms. The monoisotopic (exact) mass is 556 g/mol. The molecule has 0 aliphatic heterocycles. The number of para-hydroxylation sites is 1. The van der Waals surface area contributed by atoms with Gasteiger partial charge < -0.3 is 4.42 Å². The quantitative estimate of drug-likeness (QED) is 0.205. The summed E-state index contributed by atoms with van der Waals surface area (Å²) in [5, 5.41) is 0.988. The van der Waals surface area contributed by atoms with Crippen LogP contribution in [0.3, 0.4) is 0 Å². The maximum absolute atomic E-state index is 6.13. The second-order valence-electron chi connectivity index (χ2n) is 10.1. The third-order valence-electron chi connectivity index (χ3n) is 7.57. The van der Waals surface area contributed by atoms with E-state index in [2.05, 4.69) is 28.2 Å². The molecule has 4 aromatic carbocycles. The van der Waals surface area contributed by atoms with Crippen molar-refractivity contribution < 1.29 is 4.42 Å². The average molecular weight is 557 g/mol. The Morgan fingerprint density at radius 3 is 1.81 bits per heavy atom. The maximum atomic E-state index is 6.13. The molecule has 0 radical (unpaired) electrons. The summed E-state index contributed by atoms with van der Waals surface area (Å²) in [6, 6.07) is 36.0. The van der Waals surface area contributed by atoms with E-state index in [0.717, 1.165) is 50.3 Å². The van der Waals surface area contributed by atoms with Crippen LogP contribution in [0.4, 0.5) is 0 Å². The van der Waals surface area contributed by atoms with Crippen LogP contribution < -0.4 is 0 Å². The molecule has 0 atom stereocenters. The molecule has 0 fully saturated rings. The first-order valence-corrected chi connectivity index (χ1v) is 13.9. The first-order valence-electron chi connectivity index (χ1n) is 13.9. The highest BCUT2D eigenvalue weighted by molar-refractivity contribution is 6.03. The molecule has 0 saturated heterocycles. The van der Waals surface area contributed by atoms with Crippen molar-refractivity contribution in [1.29, 1.82) is 0 Å². The second-order valence-corrected chi connectivity index (χ2v) is 10.1. The Morgan fingerprint density at radius 1 is 0.581 bits per heavy atom. The largest absolute Gasteiger partial charge is 0.436 e. The first kappa shape index (κ1) is 24.7. The Balaban J connectivity index is 1.35. The molecule has 0 spiro atoms. The molecule has 43 heavy (non-hydrogen) atoms. The van der Waals surface area contributed by atoms with Gasteiger partial charge in [0.1, 0.15) is 11.1 Å². The fourth-order valence-electron chi connectivity index (χ4n) is 5.63. The molecule has 0 amide bonds. The van der Waals surface area contributed by atoms with Crippen molar-refractivity contribution in [3.8, 4) is 39.9 Å². The fraction of sp³-hybridized carbons (Fsp3) is 0. The molecule has 0 saturated carbocycles. The SMILES string of the molecule is C=Cc1c(C=C)n2c3c(nc2n1-c1cccc(-c2nc(-c4ccccc4)nc(-c4ccccc4)n2)c1)oc1ccccc13. The molecule has 204 valence electrons. The van der Waals surface area contributed by atoms with Crippen molar-refractivity contribution >= 4 is 40.1 Å². The van der Waals surface area contributed by atoms with Crippen molar-refractivity contribution in [3.05, 3.63) is 134 Å². The van der Waals surface area contributed by atoms with Crippen LogP contribution >= 0.6 is 0 Å². The summed E-state index contributed by atoms with van der Waals surface area (Å²) in [6.45, 7) is 8.26. The topological polar surface area (TPSA) is 74.0 Å². The predicted molar refractivity (Wildman–Crippen MR) is 172 cm³/mol. The van der Waals surface area contributed by atoms with Gasteiger partial charge in [0, 0.05) is 27.8 Å². The lowest BCUT2D eigenvalue weighted by molar-refractivity contribution is 0.656. The second kappa shape index (κ2) is 9.78. The fourth-order valence-corrected chi connectivity index (χ4v) is 5.63. The van der Waals surface area contributed by atoms with E-state index in [4.69, 9.17) is 24.4 Å². The van der Waals surface area contributed by atoms with Gasteiger partial charge in [0.2, 0.25) is 11.5 Å².